The van der Waals surface area contributed by atoms with Gasteiger partial charge < -0.3 is 0 Å². The Balaban J connectivity index is 2.03. The van der Waals surface area contributed by atoms with Crippen LogP contribution in [0, 0.1) is 41.5 Å². The minimum absolute atomic E-state index is 0.605. The van der Waals surface area contributed by atoms with Crippen molar-refractivity contribution >= 4 is 19.2 Å². The fourth-order valence-corrected chi connectivity index (χ4v) is 6.31. The summed E-state index contributed by atoms with van der Waals surface area (Å²) >= 11 is 0. The van der Waals surface area contributed by atoms with E-state index in [-0.39, 0.29) is 0 Å². The van der Waals surface area contributed by atoms with Gasteiger partial charge >= 0.3 is 0 Å². The molecule has 0 fully saturated rings. The maximum absolute atomic E-state index is 2.32. The van der Waals surface area contributed by atoms with Gasteiger partial charge in [-0.1, -0.05) is 92.5 Å². The van der Waals surface area contributed by atoms with Crippen LogP contribution in [0.5, 0.6) is 0 Å². The molecule has 4 rings (SSSR count). The van der Waals surface area contributed by atoms with E-state index in [0.29, 0.717) is 8.58 Å². The first-order chi connectivity index (χ1) is 14.8. The van der Waals surface area contributed by atoms with Crippen molar-refractivity contribution in [2.45, 2.75) is 41.5 Å². The second kappa shape index (κ2) is 8.81. The fourth-order valence-electron chi connectivity index (χ4n) is 4.98. The molecule has 4 aromatic carbocycles. The Morgan fingerprint density at radius 1 is 0.484 bits per heavy atom. The van der Waals surface area contributed by atoms with E-state index in [1.165, 1.54) is 66.2 Å². The molecule has 31 heavy (non-hydrogen) atoms. The number of aryl methyl sites for hydroxylation is 6. The van der Waals surface area contributed by atoms with Crippen LogP contribution in [-0.2, 0) is 0 Å². The molecule has 0 bridgehead atoms. The lowest BCUT2D eigenvalue weighted by molar-refractivity contribution is 1.32. The normalized spacial score (nSPS) is 11.4. The van der Waals surface area contributed by atoms with Crippen molar-refractivity contribution in [3.8, 4) is 22.3 Å². The maximum atomic E-state index is 2.32. The predicted molar refractivity (Wildman–Crippen MR) is 140 cm³/mol. The average molecular weight is 423 g/mol. The molecule has 0 saturated heterocycles. The first-order valence-corrected chi connectivity index (χ1v) is 12.0. The molecule has 1 unspecified atom stereocenters. The van der Waals surface area contributed by atoms with Gasteiger partial charge in [0.05, 0.1) is 0 Å². The van der Waals surface area contributed by atoms with Crippen LogP contribution >= 0.6 is 8.58 Å². The maximum Gasteiger partial charge on any atom is -0.00696 e. The molecule has 156 valence electrons. The molecular weight excluding hydrogens is 391 g/mol. The first-order valence-electron chi connectivity index (χ1n) is 11.0. The van der Waals surface area contributed by atoms with Crippen molar-refractivity contribution in [2.75, 3.05) is 0 Å². The lowest BCUT2D eigenvalue weighted by Gasteiger charge is -2.21. The van der Waals surface area contributed by atoms with Gasteiger partial charge in [-0.25, -0.2) is 0 Å². The van der Waals surface area contributed by atoms with Crippen LogP contribution in [-0.4, -0.2) is 0 Å². The van der Waals surface area contributed by atoms with Gasteiger partial charge in [0.15, 0.2) is 0 Å². The number of rotatable bonds is 4. The predicted octanol–water partition coefficient (Wildman–Crippen LogP) is 7.50. The summed E-state index contributed by atoms with van der Waals surface area (Å²) in [6.45, 7) is 13.4. The summed E-state index contributed by atoms with van der Waals surface area (Å²) in [4.78, 5) is 0. The Morgan fingerprint density at radius 2 is 0.903 bits per heavy atom. The van der Waals surface area contributed by atoms with Crippen molar-refractivity contribution in [3.05, 3.63) is 106 Å². The van der Waals surface area contributed by atoms with Crippen molar-refractivity contribution in [1.82, 2.24) is 0 Å². The Kier molecular flexibility index (Phi) is 6.12. The van der Waals surface area contributed by atoms with Crippen molar-refractivity contribution in [1.29, 1.82) is 0 Å². The molecule has 0 heterocycles. The number of hydrogen-bond donors (Lipinski definition) is 0. The zero-order chi connectivity index (χ0) is 22.1. The van der Waals surface area contributed by atoms with Crippen LogP contribution in [0.4, 0.5) is 0 Å². The SMILES string of the molecule is Cc1cc(C)c(-c2cccc(-c3c(C)cc(C)cc3C)c2Pc2ccccc2)c(C)c1. The summed E-state index contributed by atoms with van der Waals surface area (Å²) in [7, 11) is 0.605. The van der Waals surface area contributed by atoms with E-state index in [1.54, 1.807) is 0 Å². The highest BCUT2D eigenvalue weighted by molar-refractivity contribution is 7.56. The molecule has 1 heteroatoms. The topological polar surface area (TPSA) is 0 Å². The van der Waals surface area contributed by atoms with E-state index in [9.17, 15) is 0 Å². The van der Waals surface area contributed by atoms with Crippen LogP contribution in [0.1, 0.15) is 33.4 Å². The van der Waals surface area contributed by atoms with E-state index < -0.39 is 0 Å². The summed E-state index contributed by atoms with van der Waals surface area (Å²) in [5.41, 5.74) is 13.6. The van der Waals surface area contributed by atoms with Gasteiger partial charge in [-0.2, -0.15) is 0 Å². The molecule has 0 aromatic heterocycles. The quantitative estimate of drug-likeness (QED) is 0.299. The van der Waals surface area contributed by atoms with Crippen LogP contribution in [0.2, 0.25) is 0 Å². The van der Waals surface area contributed by atoms with Gasteiger partial charge in [-0.3, -0.25) is 0 Å². The largest absolute Gasteiger partial charge is 0.0622 e. The smallest absolute Gasteiger partial charge is 0.00696 e. The minimum Gasteiger partial charge on any atom is -0.0622 e. The van der Waals surface area contributed by atoms with Crippen molar-refractivity contribution in [2.24, 2.45) is 0 Å². The van der Waals surface area contributed by atoms with E-state index in [0.717, 1.165) is 0 Å². The highest BCUT2D eigenvalue weighted by Gasteiger charge is 2.18. The average Bonchev–Trinajstić information content (AvgIpc) is 2.69. The molecule has 0 N–H and O–H groups in total. The molecule has 0 aliphatic rings. The highest BCUT2D eigenvalue weighted by atomic mass is 31.1. The summed E-state index contributed by atoms with van der Waals surface area (Å²) in [5, 5.41) is 2.82. The molecular formula is C30H31P. The summed E-state index contributed by atoms with van der Waals surface area (Å²) in [6, 6.07) is 27.0. The minimum atomic E-state index is 0.605. The number of hydrogen-bond acceptors (Lipinski definition) is 0. The van der Waals surface area contributed by atoms with Gasteiger partial charge in [0.2, 0.25) is 0 Å². The summed E-state index contributed by atoms with van der Waals surface area (Å²) in [5.74, 6) is 0. The highest BCUT2D eigenvalue weighted by Crippen LogP contribution is 2.36. The van der Waals surface area contributed by atoms with E-state index in [2.05, 4.69) is 114 Å². The fraction of sp³-hybridized carbons (Fsp3) is 0.200. The van der Waals surface area contributed by atoms with Gasteiger partial charge in [0.25, 0.3) is 0 Å². The van der Waals surface area contributed by atoms with Gasteiger partial charge in [0.1, 0.15) is 0 Å². The summed E-state index contributed by atoms with van der Waals surface area (Å²) in [6.07, 6.45) is 0. The van der Waals surface area contributed by atoms with Crippen molar-refractivity contribution in [3.63, 3.8) is 0 Å². The standard InChI is InChI=1S/C30H31P/c1-19-15-21(3)28(22(4)16-19)26-13-10-14-27(29-23(5)17-20(2)18-24(29)6)30(26)31-25-11-8-7-9-12-25/h7-18,31H,1-6H3. The van der Waals surface area contributed by atoms with E-state index in [1.807, 2.05) is 0 Å². The Bertz CT molecular complexity index is 1130. The third kappa shape index (κ3) is 4.36. The molecule has 0 aliphatic carbocycles. The third-order valence-electron chi connectivity index (χ3n) is 6.00. The van der Waals surface area contributed by atoms with Crippen molar-refractivity contribution < 1.29 is 0 Å². The first kappa shape index (κ1) is 21.5. The zero-order valence-corrected chi connectivity index (χ0v) is 20.4. The second-order valence-electron chi connectivity index (χ2n) is 8.77. The zero-order valence-electron chi connectivity index (χ0n) is 19.4. The lowest BCUT2D eigenvalue weighted by Crippen LogP contribution is -2.12. The van der Waals surface area contributed by atoms with E-state index >= 15 is 0 Å². The second-order valence-corrected chi connectivity index (χ2v) is 10.1. The molecule has 4 aromatic rings. The summed E-state index contributed by atoms with van der Waals surface area (Å²) < 4.78 is 0. The van der Waals surface area contributed by atoms with Crippen LogP contribution in [0.3, 0.4) is 0 Å². The molecule has 0 nitrogen and oxygen atoms in total. The third-order valence-corrected chi connectivity index (χ3v) is 7.41. The van der Waals surface area contributed by atoms with Crippen LogP contribution in [0.25, 0.3) is 22.3 Å². The Labute approximate surface area is 189 Å². The van der Waals surface area contributed by atoms with Gasteiger partial charge in [0, 0.05) is 0 Å². The monoisotopic (exact) mass is 422 g/mol. The van der Waals surface area contributed by atoms with Gasteiger partial charge in [-0.05, 0) is 96.7 Å². The Hall–Kier alpha value is -2.69. The lowest BCUT2D eigenvalue weighted by atomic mass is 9.89. The Morgan fingerprint density at radius 3 is 1.32 bits per heavy atom. The van der Waals surface area contributed by atoms with Crippen LogP contribution in [0.15, 0.2) is 72.8 Å². The van der Waals surface area contributed by atoms with Crippen LogP contribution < -0.4 is 10.6 Å². The molecule has 1 atom stereocenters. The number of benzene rings is 4. The van der Waals surface area contributed by atoms with Gasteiger partial charge in [-0.15, -0.1) is 0 Å². The molecule has 0 amide bonds. The van der Waals surface area contributed by atoms with E-state index in [4.69, 9.17) is 0 Å². The molecule has 0 radical (unpaired) electrons. The molecule has 0 spiro atoms. The molecule has 0 aliphatic heterocycles. The molecule has 0 saturated carbocycles.